The van der Waals surface area contributed by atoms with E-state index in [1.54, 1.807) is 6.07 Å². The number of amidine groups is 1. The van der Waals surface area contributed by atoms with Gasteiger partial charge in [-0.25, -0.2) is 0 Å². The number of ether oxygens (including phenoxy) is 2. The highest BCUT2D eigenvalue weighted by Crippen LogP contribution is 2.29. The number of rotatable bonds is 6. The molecule has 118 valence electrons. The molecule has 9 heteroatoms. The molecule has 1 rings (SSSR count). The predicted octanol–water partition coefficient (Wildman–Crippen LogP) is 2.04. The van der Waals surface area contributed by atoms with Gasteiger partial charge in [-0.2, -0.15) is 13.2 Å². The molecule has 0 radical (unpaired) electrons. The zero-order valence-electron chi connectivity index (χ0n) is 11.4. The van der Waals surface area contributed by atoms with Crippen molar-refractivity contribution in [2.75, 3.05) is 26.1 Å². The first kappa shape index (κ1) is 16.7. The van der Waals surface area contributed by atoms with Crippen molar-refractivity contribution in [3.05, 3.63) is 18.2 Å². The van der Waals surface area contributed by atoms with Gasteiger partial charge < -0.3 is 25.7 Å². The van der Waals surface area contributed by atoms with E-state index in [0.717, 1.165) is 0 Å². The molecule has 0 spiro atoms. The van der Waals surface area contributed by atoms with E-state index in [1.807, 2.05) is 0 Å². The SMILES string of the molecule is COc1cc(NCC(/C(N)=N/O)C(F)(F)F)cc(OC)c1. The summed E-state index contributed by atoms with van der Waals surface area (Å²) in [6.07, 6.45) is -4.63. The second kappa shape index (κ2) is 6.91. The second-order valence-electron chi connectivity index (χ2n) is 4.10. The van der Waals surface area contributed by atoms with Crippen LogP contribution in [0.2, 0.25) is 0 Å². The summed E-state index contributed by atoms with van der Waals surface area (Å²) in [6.45, 7) is -0.588. The maximum atomic E-state index is 12.8. The molecule has 1 unspecified atom stereocenters. The van der Waals surface area contributed by atoms with Crippen molar-refractivity contribution in [2.45, 2.75) is 6.18 Å². The van der Waals surface area contributed by atoms with Crippen molar-refractivity contribution in [3.8, 4) is 11.5 Å². The number of alkyl halides is 3. The highest BCUT2D eigenvalue weighted by Gasteiger charge is 2.42. The summed E-state index contributed by atoms with van der Waals surface area (Å²) in [7, 11) is 2.85. The van der Waals surface area contributed by atoms with Crippen LogP contribution in [-0.2, 0) is 0 Å². The normalized spacial score (nSPS) is 13.7. The van der Waals surface area contributed by atoms with E-state index >= 15 is 0 Å². The summed E-state index contributed by atoms with van der Waals surface area (Å²) in [6, 6.07) is 4.58. The van der Waals surface area contributed by atoms with Crippen LogP contribution in [0.4, 0.5) is 18.9 Å². The van der Waals surface area contributed by atoms with Crippen LogP contribution in [-0.4, -0.2) is 38.0 Å². The summed E-state index contributed by atoms with van der Waals surface area (Å²) in [5.41, 5.74) is 5.42. The predicted molar refractivity (Wildman–Crippen MR) is 71.0 cm³/mol. The topological polar surface area (TPSA) is 89.1 Å². The number of nitrogens with zero attached hydrogens (tertiary/aromatic N) is 1. The molecule has 21 heavy (non-hydrogen) atoms. The third-order valence-corrected chi connectivity index (χ3v) is 2.73. The van der Waals surface area contributed by atoms with Gasteiger partial charge in [0.1, 0.15) is 17.4 Å². The maximum Gasteiger partial charge on any atom is 0.400 e. The van der Waals surface area contributed by atoms with Gasteiger partial charge in [0.15, 0.2) is 5.84 Å². The summed E-state index contributed by atoms with van der Waals surface area (Å²) < 4.78 is 48.4. The van der Waals surface area contributed by atoms with Crippen LogP contribution in [0.1, 0.15) is 0 Å². The fourth-order valence-electron chi connectivity index (χ4n) is 1.59. The van der Waals surface area contributed by atoms with E-state index in [2.05, 4.69) is 10.5 Å². The van der Waals surface area contributed by atoms with Gasteiger partial charge in [0.25, 0.3) is 0 Å². The first-order valence-corrected chi connectivity index (χ1v) is 5.83. The van der Waals surface area contributed by atoms with Crippen LogP contribution >= 0.6 is 0 Å². The Bertz CT molecular complexity index is 484. The van der Waals surface area contributed by atoms with Gasteiger partial charge in [0.05, 0.1) is 14.2 Å². The van der Waals surface area contributed by atoms with Crippen LogP contribution in [0, 0.1) is 5.92 Å². The Hall–Kier alpha value is -2.32. The molecule has 6 nitrogen and oxygen atoms in total. The molecule has 0 heterocycles. The summed E-state index contributed by atoms with van der Waals surface area (Å²) in [4.78, 5) is 0. The van der Waals surface area contributed by atoms with Gasteiger partial charge in [-0.1, -0.05) is 5.16 Å². The molecule has 0 amide bonds. The van der Waals surface area contributed by atoms with Crippen LogP contribution in [0.25, 0.3) is 0 Å². The zero-order chi connectivity index (χ0) is 16.0. The molecule has 1 atom stereocenters. The smallest absolute Gasteiger partial charge is 0.400 e. The first-order chi connectivity index (χ1) is 9.81. The average Bonchev–Trinajstić information content (AvgIpc) is 2.45. The van der Waals surface area contributed by atoms with Crippen LogP contribution < -0.4 is 20.5 Å². The van der Waals surface area contributed by atoms with Gasteiger partial charge in [0, 0.05) is 30.4 Å². The van der Waals surface area contributed by atoms with Gasteiger partial charge in [-0.15, -0.1) is 0 Å². The number of hydrogen-bond donors (Lipinski definition) is 3. The summed E-state index contributed by atoms with van der Waals surface area (Å²) >= 11 is 0. The Kier molecular flexibility index (Phi) is 5.51. The lowest BCUT2D eigenvalue weighted by Crippen LogP contribution is -2.40. The molecule has 1 aromatic rings. The van der Waals surface area contributed by atoms with E-state index in [9.17, 15) is 13.2 Å². The van der Waals surface area contributed by atoms with Gasteiger partial charge in [-0.3, -0.25) is 0 Å². The van der Waals surface area contributed by atoms with Crippen LogP contribution in [0.5, 0.6) is 11.5 Å². The quantitative estimate of drug-likeness (QED) is 0.324. The number of benzene rings is 1. The van der Waals surface area contributed by atoms with Gasteiger partial charge >= 0.3 is 6.18 Å². The molecular weight excluding hydrogens is 291 g/mol. The average molecular weight is 307 g/mol. The Labute approximate surface area is 119 Å². The Morgan fingerprint density at radius 2 is 1.81 bits per heavy atom. The van der Waals surface area contributed by atoms with Crippen molar-refractivity contribution in [3.63, 3.8) is 0 Å². The fourth-order valence-corrected chi connectivity index (χ4v) is 1.59. The number of halogens is 3. The highest BCUT2D eigenvalue weighted by atomic mass is 19.4. The number of anilines is 1. The Balaban J connectivity index is 2.90. The molecule has 4 N–H and O–H groups in total. The van der Waals surface area contributed by atoms with E-state index in [-0.39, 0.29) is 0 Å². The first-order valence-electron chi connectivity index (χ1n) is 5.83. The summed E-state index contributed by atoms with van der Waals surface area (Å²) in [5, 5.41) is 13.4. The largest absolute Gasteiger partial charge is 0.497 e. The third kappa shape index (κ3) is 4.62. The monoisotopic (exact) mass is 307 g/mol. The zero-order valence-corrected chi connectivity index (χ0v) is 11.4. The lowest BCUT2D eigenvalue weighted by Gasteiger charge is -2.20. The number of nitrogens with one attached hydrogen (secondary N) is 1. The summed E-state index contributed by atoms with van der Waals surface area (Å²) in [5.74, 6) is -2.18. The minimum atomic E-state index is -4.63. The molecule has 0 aromatic heterocycles. The molecule has 0 fully saturated rings. The standard InChI is InChI=1S/C12H16F3N3O3/c1-20-8-3-7(4-9(5-8)21-2)17-6-10(11(16)18-19)12(13,14)15/h3-5,10,17,19H,6H2,1-2H3,(H2,16,18). The number of hydrogen-bond acceptors (Lipinski definition) is 5. The van der Waals surface area contributed by atoms with E-state index in [0.29, 0.717) is 17.2 Å². The Morgan fingerprint density at radius 1 is 1.29 bits per heavy atom. The van der Waals surface area contributed by atoms with E-state index in [4.69, 9.17) is 20.4 Å². The molecule has 0 saturated heterocycles. The van der Waals surface area contributed by atoms with Crippen molar-refractivity contribution in [2.24, 2.45) is 16.8 Å². The van der Waals surface area contributed by atoms with Crippen molar-refractivity contribution < 1.29 is 27.9 Å². The third-order valence-electron chi connectivity index (χ3n) is 2.73. The molecular formula is C12H16F3N3O3. The fraction of sp³-hybridized carbons (Fsp3) is 0.417. The Morgan fingerprint density at radius 3 is 2.19 bits per heavy atom. The van der Waals surface area contributed by atoms with Crippen molar-refractivity contribution >= 4 is 11.5 Å². The van der Waals surface area contributed by atoms with Crippen LogP contribution in [0.15, 0.2) is 23.4 Å². The van der Waals surface area contributed by atoms with Crippen LogP contribution in [0.3, 0.4) is 0 Å². The van der Waals surface area contributed by atoms with Crippen molar-refractivity contribution in [1.29, 1.82) is 0 Å². The number of oxime groups is 1. The molecule has 0 aliphatic heterocycles. The molecule has 0 aliphatic carbocycles. The maximum absolute atomic E-state index is 12.8. The molecule has 1 aromatic carbocycles. The lowest BCUT2D eigenvalue weighted by atomic mass is 10.1. The van der Waals surface area contributed by atoms with Gasteiger partial charge in [0.2, 0.25) is 0 Å². The number of nitrogens with two attached hydrogens (primary N) is 1. The molecule has 0 aliphatic rings. The molecule has 0 saturated carbocycles. The van der Waals surface area contributed by atoms with Gasteiger partial charge in [-0.05, 0) is 0 Å². The highest BCUT2D eigenvalue weighted by molar-refractivity contribution is 5.83. The lowest BCUT2D eigenvalue weighted by molar-refractivity contribution is -0.152. The number of methoxy groups -OCH3 is 2. The van der Waals surface area contributed by atoms with E-state index < -0.39 is 24.5 Å². The second-order valence-corrected chi connectivity index (χ2v) is 4.10. The minimum Gasteiger partial charge on any atom is -0.497 e. The van der Waals surface area contributed by atoms with Crippen molar-refractivity contribution in [1.82, 2.24) is 0 Å². The van der Waals surface area contributed by atoms with E-state index in [1.165, 1.54) is 26.4 Å². The minimum absolute atomic E-state index is 0.353. The molecule has 0 bridgehead atoms.